The van der Waals surface area contributed by atoms with Crippen LogP contribution in [0.3, 0.4) is 0 Å². The molecule has 3 unspecified atom stereocenters. The second kappa shape index (κ2) is 9.56. The van der Waals surface area contributed by atoms with E-state index in [-0.39, 0.29) is 29.8 Å². The molecule has 2 aromatic carbocycles. The van der Waals surface area contributed by atoms with Gasteiger partial charge in [-0.2, -0.15) is 0 Å². The van der Waals surface area contributed by atoms with E-state index in [9.17, 15) is 4.39 Å². The summed E-state index contributed by atoms with van der Waals surface area (Å²) in [6.07, 6.45) is 4.10. The topological polar surface area (TPSA) is 54.9 Å². The number of rotatable bonds is 5. The first-order valence-electron chi connectivity index (χ1n) is 9.34. The minimum absolute atomic E-state index is 0. The Bertz CT molecular complexity index is 798. The van der Waals surface area contributed by atoms with Crippen LogP contribution in [0.4, 0.5) is 4.39 Å². The zero-order valence-electron chi connectivity index (χ0n) is 15.7. The molecule has 2 fully saturated rings. The number of ether oxygens (including phenoxy) is 2. The highest BCUT2D eigenvalue weighted by atomic mass is 127. The van der Waals surface area contributed by atoms with E-state index in [0.29, 0.717) is 36.3 Å². The van der Waals surface area contributed by atoms with Crippen LogP contribution < -0.4 is 15.4 Å². The van der Waals surface area contributed by atoms with Crippen molar-refractivity contribution in [2.45, 2.75) is 44.1 Å². The smallest absolute Gasteiger partial charge is 0.191 e. The van der Waals surface area contributed by atoms with Crippen molar-refractivity contribution in [2.75, 3.05) is 7.05 Å². The second-order valence-corrected chi connectivity index (χ2v) is 6.99. The maximum Gasteiger partial charge on any atom is 0.191 e. The van der Waals surface area contributed by atoms with Gasteiger partial charge >= 0.3 is 0 Å². The molecule has 2 N–H and O–H groups in total. The van der Waals surface area contributed by atoms with Crippen LogP contribution in [0.1, 0.15) is 24.8 Å². The van der Waals surface area contributed by atoms with E-state index in [1.807, 2.05) is 24.3 Å². The van der Waals surface area contributed by atoms with Crippen LogP contribution in [0.5, 0.6) is 11.5 Å². The number of guanidine groups is 1. The first-order chi connectivity index (χ1) is 13.2. The maximum atomic E-state index is 12.9. The molecule has 0 spiro atoms. The van der Waals surface area contributed by atoms with Crippen LogP contribution in [0, 0.1) is 5.82 Å². The Morgan fingerprint density at radius 1 is 1.11 bits per heavy atom. The van der Waals surface area contributed by atoms with E-state index in [4.69, 9.17) is 9.47 Å². The third kappa shape index (κ3) is 5.14. The molecule has 2 aromatic rings. The van der Waals surface area contributed by atoms with Crippen LogP contribution in [0.25, 0.3) is 0 Å². The number of hydrogen-bond acceptors (Lipinski definition) is 3. The molecule has 0 radical (unpaired) electrons. The number of hydrogen-bond donors (Lipinski definition) is 2. The van der Waals surface area contributed by atoms with E-state index < -0.39 is 0 Å². The van der Waals surface area contributed by atoms with Crippen molar-refractivity contribution >= 4 is 29.9 Å². The lowest BCUT2D eigenvalue weighted by molar-refractivity contribution is 0.0992. The van der Waals surface area contributed by atoms with Crippen LogP contribution in [0.2, 0.25) is 0 Å². The molecule has 0 saturated carbocycles. The van der Waals surface area contributed by atoms with Gasteiger partial charge in [0.05, 0.1) is 18.2 Å². The van der Waals surface area contributed by atoms with Crippen molar-refractivity contribution in [1.29, 1.82) is 0 Å². The number of nitrogens with one attached hydrogen (secondary N) is 2. The van der Waals surface area contributed by atoms with Gasteiger partial charge in [-0.15, -0.1) is 24.0 Å². The van der Waals surface area contributed by atoms with Gasteiger partial charge in [-0.05, 0) is 61.2 Å². The molecule has 4 rings (SSSR count). The molecule has 28 heavy (non-hydrogen) atoms. The molecule has 2 heterocycles. The van der Waals surface area contributed by atoms with Gasteiger partial charge in [-0.1, -0.05) is 12.1 Å². The third-order valence-corrected chi connectivity index (χ3v) is 5.08. The van der Waals surface area contributed by atoms with Gasteiger partial charge in [0.2, 0.25) is 0 Å². The van der Waals surface area contributed by atoms with Crippen LogP contribution in [0.15, 0.2) is 53.5 Å². The van der Waals surface area contributed by atoms with E-state index >= 15 is 0 Å². The van der Waals surface area contributed by atoms with Gasteiger partial charge in [0.25, 0.3) is 0 Å². The van der Waals surface area contributed by atoms with Crippen molar-refractivity contribution in [2.24, 2.45) is 4.99 Å². The van der Waals surface area contributed by atoms with E-state index in [1.54, 1.807) is 19.2 Å². The highest BCUT2D eigenvalue weighted by Crippen LogP contribution is 2.34. The van der Waals surface area contributed by atoms with Gasteiger partial charge in [-0.3, -0.25) is 4.99 Å². The van der Waals surface area contributed by atoms with Crippen molar-refractivity contribution < 1.29 is 13.9 Å². The molecule has 0 aromatic heterocycles. The highest BCUT2D eigenvalue weighted by Gasteiger charge is 2.41. The lowest BCUT2D eigenvalue weighted by Crippen LogP contribution is -2.47. The molecule has 5 nitrogen and oxygen atoms in total. The van der Waals surface area contributed by atoms with Gasteiger partial charge in [0.15, 0.2) is 5.96 Å². The highest BCUT2D eigenvalue weighted by molar-refractivity contribution is 14.0. The lowest BCUT2D eigenvalue weighted by Gasteiger charge is -2.22. The van der Waals surface area contributed by atoms with Gasteiger partial charge in [0.1, 0.15) is 17.3 Å². The second-order valence-electron chi connectivity index (χ2n) is 6.99. The SMILES string of the molecule is CN=C(NCc1ccc(Oc2ccc(F)cc2)cc1)NC1CC2CCC1O2.I. The monoisotopic (exact) mass is 497 g/mol. The minimum atomic E-state index is -0.275. The molecule has 3 atom stereocenters. The number of nitrogens with zero attached hydrogens (tertiary/aromatic N) is 1. The Morgan fingerprint density at radius 3 is 2.36 bits per heavy atom. The first kappa shape index (κ1) is 20.9. The number of halogens is 2. The summed E-state index contributed by atoms with van der Waals surface area (Å²) in [4.78, 5) is 4.31. The average molecular weight is 497 g/mol. The van der Waals surface area contributed by atoms with Crippen molar-refractivity contribution in [1.82, 2.24) is 10.6 Å². The van der Waals surface area contributed by atoms with Gasteiger partial charge in [-0.25, -0.2) is 4.39 Å². The molecule has 0 amide bonds. The Labute approximate surface area is 181 Å². The van der Waals surface area contributed by atoms with Gasteiger partial charge < -0.3 is 20.1 Å². The first-order valence-corrected chi connectivity index (χ1v) is 9.34. The summed E-state index contributed by atoms with van der Waals surface area (Å²) >= 11 is 0. The summed E-state index contributed by atoms with van der Waals surface area (Å²) in [7, 11) is 1.78. The largest absolute Gasteiger partial charge is 0.457 e. The molecule has 7 heteroatoms. The normalized spacial score (nSPS) is 23.2. The van der Waals surface area contributed by atoms with E-state index in [1.165, 1.54) is 18.6 Å². The Balaban J connectivity index is 0.00000225. The quantitative estimate of drug-likeness (QED) is 0.369. The third-order valence-electron chi connectivity index (χ3n) is 5.08. The summed E-state index contributed by atoms with van der Waals surface area (Å²) in [5.74, 6) is 1.84. The fourth-order valence-electron chi connectivity index (χ4n) is 3.66. The molecule has 2 aliphatic heterocycles. The number of fused-ring (bicyclic) bond motifs is 2. The fraction of sp³-hybridized carbons (Fsp3) is 0.381. The standard InChI is InChI=1S/C21H24FN3O2.HI/c1-23-21(25-19-12-18-10-11-20(19)27-18)24-13-14-2-6-16(7-3-14)26-17-8-4-15(22)5-9-17;/h2-9,18-20H,10-13H2,1H3,(H2,23,24,25);1H. The molecule has 0 aliphatic carbocycles. The Kier molecular flexibility index (Phi) is 7.12. The van der Waals surface area contributed by atoms with E-state index in [0.717, 1.165) is 24.4 Å². The van der Waals surface area contributed by atoms with E-state index in [2.05, 4.69) is 15.6 Å². The predicted octanol–water partition coefficient (Wildman–Crippen LogP) is 4.22. The molecular formula is C21H25FIN3O2. The molecular weight excluding hydrogens is 472 g/mol. The molecule has 2 saturated heterocycles. The molecule has 2 bridgehead atoms. The maximum absolute atomic E-state index is 12.9. The van der Waals surface area contributed by atoms with Crippen LogP contribution >= 0.6 is 24.0 Å². The predicted molar refractivity (Wildman–Crippen MR) is 118 cm³/mol. The average Bonchev–Trinajstić information content (AvgIpc) is 3.31. The lowest BCUT2D eigenvalue weighted by atomic mass is 9.96. The minimum Gasteiger partial charge on any atom is -0.457 e. The van der Waals surface area contributed by atoms with Crippen LogP contribution in [-0.2, 0) is 11.3 Å². The zero-order valence-corrected chi connectivity index (χ0v) is 18.1. The number of benzene rings is 2. The van der Waals surface area contributed by atoms with Gasteiger partial charge in [0, 0.05) is 13.6 Å². The molecule has 150 valence electrons. The summed E-state index contributed by atoms with van der Waals surface area (Å²) in [6.45, 7) is 0.665. The summed E-state index contributed by atoms with van der Waals surface area (Å²) in [5.41, 5.74) is 1.12. The fourth-order valence-corrected chi connectivity index (χ4v) is 3.66. The summed E-state index contributed by atoms with van der Waals surface area (Å²) in [5, 5.41) is 6.82. The number of aliphatic imine (C=N–C) groups is 1. The Hall–Kier alpha value is -1.87. The summed E-state index contributed by atoms with van der Waals surface area (Å²) < 4.78 is 24.5. The molecule has 2 aliphatic rings. The van der Waals surface area contributed by atoms with Crippen molar-refractivity contribution in [3.63, 3.8) is 0 Å². The zero-order chi connectivity index (χ0) is 18.6. The summed E-state index contributed by atoms with van der Waals surface area (Å²) in [6, 6.07) is 14.1. The van der Waals surface area contributed by atoms with Crippen molar-refractivity contribution in [3.8, 4) is 11.5 Å². The van der Waals surface area contributed by atoms with Crippen LogP contribution in [-0.4, -0.2) is 31.3 Å². The van der Waals surface area contributed by atoms with Crippen molar-refractivity contribution in [3.05, 3.63) is 59.9 Å². The Morgan fingerprint density at radius 2 is 1.79 bits per heavy atom.